The number of carbonyl (C=O) groups is 1. The van der Waals surface area contributed by atoms with E-state index in [2.05, 4.69) is 0 Å². The van der Waals surface area contributed by atoms with Crippen LogP contribution in [0, 0.1) is 13.8 Å². The molecule has 0 aliphatic carbocycles. The Labute approximate surface area is 108 Å². The predicted molar refractivity (Wildman–Crippen MR) is 71.3 cm³/mol. The van der Waals surface area contributed by atoms with Crippen molar-refractivity contribution in [3.63, 3.8) is 0 Å². The molecular weight excluding hydrogens is 230 g/mol. The molecule has 0 fully saturated rings. The summed E-state index contributed by atoms with van der Waals surface area (Å²) in [6.45, 7) is 4.29. The molecule has 0 saturated heterocycles. The van der Waals surface area contributed by atoms with Crippen LogP contribution in [0.4, 0.5) is 0 Å². The van der Waals surface area contributed by atoms with E-state index in [1.807, 2.05) is 26.0 Å². The maximum atomic E-state index is 12.2. The Hall–Kier alpha value is -1.39. The van der Waals surface area contributed by atoms with E-state index in [-0.39, 0.29) is 5.78 Å². The third kappa shape index (κ3) is 3.31. The number of ketones is 1. The molecule has 100 valence electrons. The summed E-state index contributed by atoms with van der Waals surface area (Å²) in [6, 6.07) is 3.19. The molecule has 0 saturated carbocycles. The molecule has 0 aromatic heterocycles. The fourth-order valence-corrected chi connectivity index (χ4v) is 1.85. The molecule has 2 N–H and O–H groups in total. The number of nitrogens with two attached hydrogens (primary N) is 1. The highest BCUT2D eigenvalue weighted by Gasteiger charge is 2.18. The Morgan fingerprint density at radius 2 is 1.94 bits per heavy atom. The Bertz CT molecular complexity index is 429. The summed E-state index contributed by atoms with van der Waals surface area (Å²) >= 11 is 0. The molecule has 1 aromatic rings. The van der Waals surface area contributed by atoms with Crippen molar-refractivity contribution in [3.8, 4) is 5.75 Å². The number of carbonyl (C=O) groups excluding carboxylic acids is 1. The van der Waals surface area contributed by atoms with E-state index in [0.717, 1.165) is 16.9 Å². The summed E-state index contributed by atoms with van der Waals surface area (Å²) < 4.78 is 10.2. The second-order valence-electron chi connectivity index (χ2n) is 4.39. The van der Waals surface area contributed by atoms with Crippen molar-refractivity contribution in [3.05, 3.63) is 28.8 Å². The maximum Gasteiger partial charge on any atom is 0.179 e. The first-order chi connectivity index (χ1) is 8.51. The van der Waals surface area contributed by atoms with Gasteiger partial charge in [-0.25, -0.2) is 0 Å². The average molecular weight is 251 g/mol. The lowest BCUT2D eigenvalue weighted by Crippen LogP contribution is -2.32. The molecule has 0 aliphatic rings. The molecule has 1 unspecified atom stereocenters. The van der Waals surface area contributed by atoms with Crippen molar-refractivity contribution >= 4 is 5.78 Å². The second-order valence-corrected chi connectivity index (χ2v) is 4.39. The average Bonchev–Trinajstić information content (AvgIpc) is 2.37. The molecule has 1 rings (SSSR count). The molecule has 0 bridgehead atoms. The Balaban J connectivity index is 2.95. The minimum atomic E-state index is -0.517. The van der Waals surface area contributed by atoms with Crippen LogP contribution in [0.25, 0.3) is 0 Å². The molecule has 1 aromatic carbocycles. The van der Waals surface area contributed by atoms with Gasteiger partial charge in [0.2, 0.25) is 0 Å². The molecule has 0 radical (unpaired) electrons. The maximum absolute atomic E-state index is 12.2. The first-order valence-electron chi connectivity index (χ1n) is 5.95. The van der Waals surface area contributed by atoms with Crippen molar-refractivity contribution in [2.75, 3.05) is 20.8 Å². The SMILES string of the molecule is COCCC(N)C(=O)c1cc(C)c(OC)cc1C. The van der Waals surface area contributed by atoms with Gasteiger partial charge >= 0.3 is 0 Å². The van der Waals surface area contributed by atoms with E-state index in [4.69, 9.17) is 15.2 Å². The van der Waals surface area contributed by atoms with Gasteiger partial charge in [-0.2, -0.15) is 0 Å². The third-order valence-electron chi connectivity index (χ3n) is 2.98. The first kappa shape index (κ1) is 14.7. The van der Waals surface area contributed by atoms with E-state index in [1.165, 1.54) is 0 Å². The zero-order chi connectivity index (χ0) is 13.7. The van der Waals surface area contributed by atoms with Crippen LogP contribution in [0.3, 0.4) is 0 Å². The third-order valence-corrected chi connectivity index (χ3v) is 2.98. The van der Waals surface area contributed by atoms with Crippen LogP contribution >= 0.6 is 0 Å². The highest BCUT2D eigenvalue weighted by atomic mass is 16.5. The van der Waals surface area contributed by atoms with Gasteiger partial charge in [0.25, 0.3) is 0 Å². The Kier molecular flexibility index (Phi) is 5.31. The molecular formula is C14H21NO3. The Morgan fingerprint density at radius 3 is 2.50 bits per heavy atom. The summed E-state index contributed by atoms with van der Waals surface area (Å²) in [6.07, 6.45) is 0.528. The van der Waals surface area contributed by atoms with Gasteiger partial charge in [-0.3, -0.25) is 4.79 Å². The number of ether oxygens (including phenoxy) is 2. The van der Waals surface area contributed by atoms with E-state index in [9.17, 15) is 4.79 Å². The molecule has 0 amide bonds. The number of benzene rings is 1. The largest absolute Gasteiger partial charge is 0.496 e. The molecule has 0 aliphatic heterocycles. The van der Waals surface area contributed by atoms with Crippen LogP contribution in [0.2, 0.25) is 0 Å². The summed E-state index contributed by atoms with van der Waals surface area (Å²) in [4.78, 5) is 12.2. The number of rotatable bonds is 6. The highest BCUT2D eigenvalue weighted by molar-refractivity contribution is 6.01. The summed E-state index contributed by atoms with van der Waals surface area (Å²) in [5, 5.41) is 0. The lowest BCUT2D eigenvalue weighted by atomic mass is 9.96. The second kappa shape index (κ2) is 6.52. The van der Waals surface area contributed by atoms with E-state index in [0.29, 0.717) is 18.6 Å². The molecule has 4 heteroatoms. The van der Waals surface area contributed by atoms with Gasteiger partial charge in [0.05, 0.1) is 13.2 Å². The van der Waals surface area contributed by atoms with E-state index >= 15 is 0 Å². The van der Waals surface area contributed by atoms with E-state index < -0.39 is 6.04 Å². The van der Waals surface area contributed by atoms with Crippen molar-refractivity contribution < 1.29 is 14.3 Å². The lowest BCUT2D eigenvalue weighted by molar-refractivity contribution is 0.0934. The van der Waals surface area contributed by atoms with Crippen molar-refractivity contribution in [2.45, 2.75) is 26.3 Å². The van der Waals surface area contributed by atoms with Crippen LogP contribution in [-0.2, 0) is 4.74 Å². The van der Waals surface area contributed by atoms with E-state index in [1.54, 1.807) is 14.2 Å². The minimum absolute atomic E-state index is 0.0460. The number of aryl methyl sites for hydroxylation is 2. The van der Waals surface area contributed by atoms with Gasteiger partial charge in [-0.15, -0.1) is 0 Å². The zero-order valence-electron chi connectivity index (χ0n) is 11.4. The van der Waals surface area contributed by atoms with Crippen LogP contribution in [0.15, 0.2) is 12.1 Å². The molecule has 18 heavy (non-hydrogen) atoms. The van der Waals surface area contributed by atoms with Gasteiger partial charge in [-0.05, 0) is 43.5 Å². The zero-order valence-corrected chi connectivity index (χ0v) is 11.4. The van der Waals surface area contributed by atoms with Crippen LogP contribution in [0.5, 0.6) is 5.75 Å². The summed E-state index contributed by atoms with van der Waals surface area (Å²) in [5.41, 5.74) is 8.35. The van der Waals surface area contributed by atoms with Gasteiger partial charge in [0.1, 0.15) is 5.75 Å². The fraction of sp³-hybridized carbons (Fsp3) is 0.500. The molecule has 4 nitrogen and oxygen atoms in total. The molecule has 0 heterocycles. The Morgan fingerprint density at radius 1 is 1.28 bits per heavy atom. The highest BCUT2D eigenvalue weighted by Crippen LogP contribution is 2.23. The van der Waals surface area contributed by atoms with Crippen molar-refractivity contribution in [1.82, 2.24) is 0 Å². The number of hydrogen-bond acceptors (Lipinski definition) is 4. The molecule has 1 atom stereocenters. The normalized spacial score (nSPS) is 12.3. The van der Waals surface area contributed by atoms with Crippen LogP contribution in [0.1, 0.15) is 27.9 Å². The summed E-state index contributed by atoms with van der Waals surface area (Å²) in [5.74, 6) is 0.741. The standard InChI is InChI=1S/C14H21NO3/c1-9-8-13(18-4)10(2)7-11(9)14(16)12(15)5-6-17-3/h7-8,12H,5-6,15H2,1-4H3. The van der Waals surface area contributed by atoms with Gasteiger partial charge in [0.15, 0.2) is 5.78 Å². The first-order valence-corrected chi connectivity index (χ1v) is 5.95. The van der Waals surface area contributed by atoms with Crippen LogP contribution in [-0.4, -0.2) is 32.7 Å². The number of Topliss-reactive ketones (excluding diaryl/α,β-unsaturated/α-hetero) is 1. The smallest absolute Gasteiger partial charge is 0.179 e. The summed E-state index contributed by atoms with van der Waals surface area (Å²) in [7, 11) is 3.22. The van der Waals surface area contributed by atoms with Crippen LogP contribution < -0.4 is 10.5 Å². The quantitative estimate of drug-likeness (QED) is 0.784. The topological polar surface area (TPSA) is 61.5 Å². The minimum Gasteiger partial charge on any atom is -0.496 e. The number of hydrogen-bond donors (Lipinski definition) is 1. The molecule has 0 spiro atoms. The number of methoxy groups -OCH3 is 2. The van der Waals surface area contributed by atoms with Crippen molar-refractivity contribution in [1.29, 1.82) is 0 Å². The fourth-order valence-electron chi connectivity index (χ4n) is 1.85. The predicted octanol–water partition coefficient (Wildman–Crippen LogP) is 1.86. The lowest BCUT2D eigenvalue weighted by Gasteiger charge is -2.14. The van der Waals surface area contributed by atoms with Gasteiger partial charge in [0, 0.05) is 19.3 Å². The monoisotopic (exact) mass is 251 g/mol. The van der Waals surface area contributed by atoms with Gasteiger partial charge < -0.3 is 15.2 Å². The van der Waals surface area contributed by atoms with Gasteiger partial charge in [-0.1, -0.05) is 0 Å². The van der Waals surface area contributed by atoms with Crippen molar-refractivity contribution in [2.24, 2.45) is 5.73 Å².